The summed E-state index contributed by atoms with van der Waals surface area (Å²) < 4.78 is 1.27. The van der Waals surface area contributed by atoms with E-state index >= 15 is 0 Å². The highest BCUT2D eigenvalue weighted by Gasteiger charge is 2.23. The molecule has 4 nitrogen and oxygen atoms in total. The number of pyridine rings is 1. The molecule has 0 N–H and O–H groups in total. The number of piperidine rings is 1. The molecule has 1 aliphatic rings. The molecule has 0 radical (unpaired) electrons. The van der Waals surface area contributed by atoms with Gasteiger partial charge in [0.2, 0.25) is 0 Å². The molecule has 24 heavy (non-hydrogen) atoms. The topological polar surface area (TPSA) is 43.2 Å². The second-order valence-electron chi connectivity index (χ2n) is 6.62. The Morgan fingerprint density at radius 3 is 2.71 bits per heavy atom. The number of benzene rings is 1. The minimum absolute atomic E-state index is 0.657. The monoisotopic (exact) mass is 336 g/mol. The quantitative estimate of drug-likeness (QED) is 0.713. The molecule has 3 heterocycles. The van der Waals surface area contributed by atoms with Gasteiger partial charge in [0.15, 0.2) is 0 Å². The molecule has 2 aromatic heterocycles. The van der Waals surface area contributed by atoms with E-state index in [1.54, 1.807) is 11.3 Å². The van der Waals surface area contributed by atoms with Gasteiger partial charge in [-0.2, -0.15) is 5.26 Å². The summed E-state index contributed by atoms with van der Waals surface area (Å²) in [5.74, 6) is 1.08. The van der Waals surface area contributed by atoms with Crippen molar-refractivity contribution in [3.05, 3.63) is 35.2 Å². The zero-order chi connectivity index (χ0) is 16.7. The molecule has 1 saturated heterocycles. The first-order valence-corrected chi connectivity index (χ1v) is 9.18. The lowest BCUT2D eigenvalue weighted by molar-refractivity contribution is 0.249. The fraction of sp³-hybridized carbons (Fsp3) is 0.368. The maximum Gasteiger partial charge on any atom is 0.138 e. The van der Waals surface area contributed by atoms with Crippen molar-refractivity contribution in [1.82, 2.24) is 9.88 Å². The van der Waals surface area contributed by atoms with Crippen molar-refractivity contribution in [3.63, 3.8) is 0 Å². The molecule has 0 aliphatic carbocycles. The molecule has 122 valence electrons. The fourth-order valence-electron chi connectivity index (χ4n) is 3.59. The SMILES string of the molecule is CN(C)C1CCN(c2nc3cc(C#N)ccc3c3sccc23)CC1. The molecule has 5 heteroatoms. The minimum Gasteiger partial charge on any atom is -0.356 e. The molecule has 0 saturated carbocycles. The van der Waals surface area contributed by atoms with Crippen LogP contribution in [-0.4, -0.2) is 43.1 Å². The molecule has 4 rings (SSSR count). The first-order valence-electron chi connectivity index (χ1n) is 8.30. The van der Waals surface area contributed by atoms with Crippen LogP contribution in [0.4, 0.5) is 5.82 Å². The molecule has 0 unspecified atom stereocenters. The predicted molar refractivity (Wildman–Crippen MR) is 101 cm³/mol. The summed E-state index contributed by atoms with van der Waals surface area (Å²) in [7, 11) is 4.32. The van der Waals surface area contributed by atoms with E-state index in [0.717, 1.165) is 42.7 Å². The average Bonchev–Trinajstić information content (AvgIpc) is 3.10. The summed E-state index contributed by atoms with van der Waals surface area (Å²) in [4.78, 5) is 9.68. The molecule has 0 spiro atoms. The van der Waals surface area contributed by atoms with Gasteiger partial charge in [0.05, 0.1) is 17.1 Å². The van der Waals surface area contributed by atoms with Gasteiger partial charge >= 0.3 is 0 Å². The Balaban J connectivity index is 1.79. The van der Waals surface area contributed by atoms with Gasteiger partial charge in [-0.15, -0.1) is 11.3 Å². The van der Waals surface area contributed by atoms with Crippen LogP contribution in [0.1, 0.15) is 18.4 Å². The van der Waals surface area contributed by atoms with Crippen molar-refractivity contribution in [3.8, 4) is 6.07 Å². The van der Waals surface area contributed by atoms with Crippen LogP contribution < -0.4 is 4.90 Å². The van der Waals surface area contributed by atoms with E-state index < -0.39 is 0 Å². The number of fused-ring (bicyclic) bond motifs is 3. The van der Waals surface area contributed by atoms with Crippen molar-refractivity contribution in [1.29, 1.82) is 5.26 Å². The number of aromatic nitrogens is 1. The Morgan fingerprint density at radius 2 is 2.00 bits per heavy atom. The van der Waals surface area contributed by atoms with Crippen molar-refractivity contribution >= 4 is 38.1 Å². The van der Waals surface area contributed by atoms with Crippen molar-refractivity contribution < 1.29 is 0 Å². The lowest BCUT2D eigenvalue weighted by atomic mass is 10.0. The normalized spacial score (nSPS) is 16.2. The Morgan fingerprint density at radius 1 is 1.21 bits per heavy atom. The van der Waals surface area contributed by atoms with Gasteiger partial charge in [-0.1, -0.05) is 6.07 Å². The van der Waals surface area contributed by atoms with Gasteiger partial charge in [-0.25, -0.2) is 4.98 Å². The number of thiophene rings is 1. The molecular formula is C19H20N4S. The molecule has 0 amide bonds. The zero-order valence-electron chi connectivity index (χ0n) is 14.0. The van der Waals surface area contributed by atoms with Crippen LogP contribution in [0.15, 0.2) is 29.6 Å². The van der Waals surface area contributed by atoms with Gasteiger partial charge in [-0.05, 0) is 50.5 Å². The Labute approximate surface area is 145 Å². The van der Waals surface area contributed by atoms with E-state index in [9.17, 15) is 5.26 Å². The highest BCUT2D eigenvalue weighted by atomic mass is 32.1. The van der Waals surface area contributed by atoms with Gasteiger partial charge in [0.1, 0.15) is 5.82 Å². The molecular weight excluding hydrogens is 316 g/mol. The van der Waals surface area contributed by atoms with E-state index in [2.05, 4.69) is 41.4 Å². The summed E-state index contributed by atoms with van der Waals surface area (Å²) in [5, 5.41) is 13.7. The summed E-state index contributed by atoms with van der Waals surface area (Å²) in [6.07, 6.45) is 2.33. The number of rotatable bonds is 2. The predicted octanol–water partition coefficient (Wildman–Crippen LogP) is 3.85. The zero-order valence-corrected chi connectivity index (χ0v) is 14.8. The second kappa shape index (κ2) is 6.04. The Kier molecular flexibility index (Phi) is 3.87. The number of anilines is 1. The van der Waals surface area contributed by atoms with Crippen LogP contribution in [-0.2, 0) is 0 Å². The number of hydrogen-bond donors (Lipinski definition) is 0. The van der Waals surface area contributed by atoms with Crippen molar-refractivity contribution in [2.75, 3.05) is 32.1 Å². The Hall–Kier alpha value is -2.16. The van der Waals surface area contributed by atoms with Crippen LogP contribution in [0.3, 0.4) is 0 Å². The fourth-order valence-corrected chi connectivity index (χ4v) is 4.52. The summed E-state index contributed by atoms with van der Waals surface area (Å²) >= 11 is 1.76. The van der Waals surface area contributed by atoms with Gasteiger partial charge in [0.25, 0.3) is 0 Å². The van der Waals surface area contributed by atoms with Crippen molar-refractivity contribution in [2.24, 2.45) is 0 Å². The van der Waals surface area contributed by atoms with Gasteiger partial charge in [0, 0.05) is 34.6 Å². The molecule has 0 bridgehead atoms. The second-order valence-corrected chi connectivity index (χ2v) is 7.54. The Bertz CT molecular complexity index is 930. The molecule has 1 aliphatic heterocycles. The molecule has 3 aromatic rings. The maximum atomic E-state index is 9.18. The van der Waals surface area contributed by atoms with E-state index in [0.29, 0.717) is 11.6 Å². The van der Waals surface area contributed by atoms with Gasteiger partial charge in [-0.3, -0.25) is 0 Å². The lowest BCUT2D eigenvalue weighted by Crippen LogP contribution is -2.42. The largest absolute Gasteiger partial charge is 0.356 e. The number of hydrogen-bond acceptors (Lipinski definition) is 5. The highest BCUT2D eigenvalue weighted by Crippen LogP contribution is 2.36. The maximum absolute atomic E-state index is 9.18. The first kappa shape index (κ1) is 15.4. The molecule has 0 atom stereocenters. The summed E-state index contributed by atoms with van der Waals surface area (Å²) in [6.45, 7) is 2.06. The molecule has 1 aromatic carbocycles. The third-order valence-corrected chi connectivity index (χ3v) is 5.95. The standard InChI is InChI=1S/C19H20N4S/c1-22(2)14-5-8-23(9-6-14)19-16-7-10-24-18(16)15-4-3-13(12-20)11-17(15)21-19/h3-4,7,10-11,14H,5-6,8-9H2,1-2H3. The third kappa shape index (κ3) is 2.52. The van der Waals surface area contributed by atoms with Crippen molar-refractivity contribution in [2.45, 2.75) is 18.9 Å². The average molecular weight is 336 g/mol. The lowest BCUT2D eigenvalue weighted by Gasteiger charge is -2.36. The molecule has 1 fully saturated rings. The summed E-state index contributed by atoms with van der Waals surface area (Å²) in [6, 6.07) is 10.9. The highest BCUT2D eigenvalue weighted by molar-refractivity contribution is 7.18. The number of nitriles is 1. The van der Waals surface area contributed by atoms with Gasteiger partial charge < -0.3 is 9.80 Å². The van der Waals surface area contributed by atoms with Crippen LogP contribution in [0.5, 0.6) is 0 Å². The van der Waals surface area contributed by atoms with E-state index in [1.165, 1.54) is 10.1 Å². The van der Waals surface area contributed by atoms with Crippen LogP contribution >= 0.6 is 11.3 Å². The number of nitrogens with zero attached hydrogens (tertiary/aromatic N) is 4. The van der Waals surface area contributed by atoms with Crippen LogP contribution in [0.25, 0.3) is 21.0 Å². The summed E-state index contributed by atoms with van der Waals surface area (Å²) in [5.41, 5.74) is 1.59. The van der Waals surface area contributed by atoms with Crippen LogP contribution in [0, 0.1) is 11.3 Å². The van der Waals surface area contributed by atoms with Crippen LogP contribution in [0.2, 0.25) is 0 Å². The van der Waals surface area contributed by atoms with E-state index in [-0.39, 0.29) is 0 Å². The smallest absolute Gasteiger partial charge is 0.138 e. The third-order valence-electron chi connectivity index (χ3n) is 5.00. The first-order chi connectivity index (χ1) is 11.7. The van der Waals surface area contributed by atoms with E-state index in [4.69, 9.17) is 4.98 Å². The van der Waals surface area contributed by atoms with E-state index in [1.807, 2.05) is 18.2 Å². The minimum atomic E-state index is 0.657.